The van der Waals surface area contributed by atoms with E-state index in [2.05, 4.69) is 18.8 Å². The van der Waals surface area contributed by atoms with Crippen molar-refractivity contribution in [2.75, 3.05) is 6.54 Å². The Kier molecular flexibility index (Phi) is 30.7. The number of unbranched alkanes of at least 4 members (excludes halogenated alkanes) is 18. The number of rotatable bonds is 28. The third kappa shape index (κ3) is 26.6. The van der Waals surface area contributed by atoms with Crippen molar-refractivity contribution in [1.29, 1.82) is 0 Å². The van der Waals surface area contributed by atoms with Crippen LogP contribution < -0.4 is 34.7 Å². The maximum Gasteiger partial charge on any atom is 1.00 e. The van der Waals surface area contributed by atoms with Gasteiger partial charge in [-0.25, -0.2) is 0 Å². The van der Waals surface area contributed by atoms with Gasteiger partial charge in [0.15, 0.2) is 0 Å². The molecular formula is C30H60NNaO5S. The van der Waals surface area contributed by atoms with E-state index in [1.165, 1.54) is 70.6 Å². The van der Waals surface area contributed by atoms with Crippen molar-refractivity contribution in [3.8, 4) is 0 Å². The molecule has 2 N–H and O–H groups in total. The van der Waals surface area contributed by atoms with E-state index in [-0.39, 0.29) is 41.9 Å². The van der Waals surface area contributed by atoms with Gasteiger partial charge in [-0.15, -0.1) is 0 Å². The summed E-state index contributed by atoms with van der Waals surface area (Å²) in [6, 6.07) is 0. The summed E-state index contributed by atoms with van der Waals surface area (Å²) in [6.45, 7) is 5.05. The van der Waals surface area contributed by atoms with E-state index in [1.807, 2.05) is 0 Å². The zero-order chi connectivity index (χ0) is 27.6. The molecule has 0 rings (SSSR count). The van der Waals surface area contributed by atoms with Crippen molar-refractivity contribution in [2.24, 2.45) is 4.99 Å². The molecule has 0 spiro atoms. The minimum atomic E-state index is -4.25. The second kappa shape index (κ2) is 28.9. The second-order valence-corrected chi connectivity index (χ2v) is 12.6. The summed E-state index contributed by atoms with van der Waals surface area (Å²) in [5, 5.41) is 21.2. The number of aliphatic hydroxyl groups is 1. The fourth-order valence-electron chi connectivity index (χ4n) is 4.89. The van der Waals surface area contributed by atoms with Crippen LogP contribution in [0.1, 0.15) is 168 Å². The summed E-state index contributed by atoms with van der Waals surface area (Å²) in [7, 11) is -4.25. The van der Waals surface area contributed by atoms with Gasteiger partial charge in [-0.05, 0) is 38.0 Å². The molecule has 222 valence electrons. The number of aliphatic imine (C=N–C) groups is 1. The monoisotopic (exact) mass is 569 g/mol. The molecule has 0 aliphatic heterocycles. The van der Waals surface area contributed by atoms with Gasteiger partial charge in [0.1, 0.15) is 5.25 Å². The molecule has 0 aromatic rings. The van der Waals surface area contributed by atoms with Gasteiger partial charge in [0.05, 0.1) is 6.10 Å². The van der Waals surface area contributed by atoms with Crippen LogP contribution in [0.2, 0.25) is 0 Å². The zero-order valence-electron chi connectivity index (χ0n) is 25.3. The molecule has 0 saturated heterocycles. The molecule has 0 aromatic heterocycles. The van der Waals surface area contributed by atoms with Crippen molar-refractivity contribution in [3.63, 3.8) is 0 Å². The Morgan fingerprint density at radius 3 is 1.53 bits per heavy atom. The molecule has 0 saturated carbocycles. The molecule has 0 aromatic carbocycles. The first kappa shape index (κ1) is 40.5. The molecule has 2 unspecified atom stereocenters. The van der Waals surface area contributed by atoms with Gasteiger partial charge in [-0.1, -0.05) is 136 Å². The Hall–Kier alpha value is 0.340. The SMILES string of the molecule is CCCCCCCCCCCCN=C([O-])CCCCCCCC(C(O)CCCCCCCC)S(=O)(=O)O.[Na+]. The van der Waals surface area contributed by atoms with E-state index in [1.54, 1.807) is 0 Å². The van der Waals surface area contributed by atoms with Crippen molar-refractivity contribution >= 4 is 16.0 Å². The predicted octanol–water partition coefficient (Wildman–Crippen LogP) is 4.77. The van der Waals surface area contributed by atoms with Crippen molar-refractivity contribution < 1.29 is 52.7 Å². The maximum atomic E-state index is 11.9. The summed E-state index contributed by atoms with van der Waals surface area (Å²) in [6.07, 6.45) is 23.5. The van der Waals surface area contributed by atoms with E-state index >= 15 is 0 Å². The molecule has 0 bridgehead atoms. The van der Waals surface area contributed by atoms with Crippen LogP contribution in [0.3, 0.4) is 0 Å². The molecule has 2 atom stereocenters. The summed E-state index contributed by atoms with van der Waals surface area (Å²) in [5.74, 6) is 0.000165. The quantitative estimate of drug-likeness (QED) is 0.0464. The molecule has 38 heavy (non-hydrogen) atoms. The summed E-state index contributed by atoms with van der Waals surface area (Å²) in [5.41, 5.74) is 0. The van der Waals surface area contributed by atoms with Gasteiger partial charge in [-0.2, -0.15) is 8.42 Å². The topological polar surface area (TPSA) is 110 Å². The van der Waals surface area contributed by atoms with Gasteiger partial charge >= 0.3 is 29.6 Å². The average Bonchev–Trinajstić information content (AvgIpc) is 2.85. The third-order valence-corrected chi connectivity index (χ3v) is 8.66. The van der Waals surface area contributed by atoms with Crippen LogP contribution in [0.15, 0.2) is 4.99 Å². The van der Waals surface area contributed by atoms with E-state index in [0.717, 1.165) is 57.8 Å². The largest absolute Gasteiger partial charge is 1.00 e. The fraction of sp³-hybridized carbons (Fsp3) is 0.967. The molecule has 0 heterocycles. The van der Waals surface area contributed by atoms with Crippen LogP contribution in [0.4, 0.5) is 0 Å². The van der Waals surface area contributed by atoms with Crippen LogP contribution in [0, 0.1) is 0 Å². The Bertz CT molecular complexity index is 630. The minimum Gasteiger partial charge on any atom is -0.862 e. The number of aliphatic hydroxyl groups excluding tert-OH is 1. The Labute approximate surface area is 258 Å². The van der Waals surface area contributed by atoms with Crippen LogP contribution in [0.5, 0.6) is 0 Å². The predicted molar refractivity (Wildman–Crippen MR) is 156 cm³/mol. The second-order valence-electron chi connectivity index (χ2n) is 10.9. The van der Waals surface area contributed by atoms with Crippen molar-refractivity contribution in [3.05, 3.63) is 0 Å². The van der Waals surface area contributed by atoms with E-state index in [0.29, 0.717) is 25.8 Å². The van der Waals surface area contributed by atoms with Crippen molar-refractivity contribution in [1.82, 2.24) is 0 Å². The number of hydrogen-bond donors (Lipinski definition) is 2. The van der Waals surface area contributed by atoms with Gasteiger partial charge in [0, 0.05) is 6.54 Å². The number of nitrogens with zero attached hydrogens (tertiary/aromatic N) is 1. The smallest absolute Gasteiger partial charge is 0.862 e. The van der Waals surface area contributed by atoms with E-state index in [4.69, 9.17) is 0 Å². The van der Waals surface area contributed by atoms with Gasteiger partial charge < -0.3 is 15.2 Å². The molecule has 0 aliphatic rings. The molecule has 0 amide bonds. The first-order chi connectivity index (χ1) is 17.8. The molecule has 8 heteroatoms. The molecule has 0 aliphatic carbocycles. The maximum absolute atomic E-state index is 11.9. The molecule has 0 fully saturated rings. The standard InChI is InChI=1S/C30H61NO5S.Na/c1-3-5-7-9-11-12-13-14-19-23-27-31-30(33)26-22-18-15-17-21-25-29(37(34,35)36)28(32)24-20-16-10-8-6-4-2;/h28-29,32H,3-27H2,1-2H3,(H,31,33)(H,34,35,36);/q;+1/p-1. The van der Waals surface area contributed by atoms with Gasteiger partial charge in [0.2, 0.25) is 0 Å². The average molecular weight is 570 g/mol. The van der Waals surface area contributed by atoms with Crippen LogP contribution in [-0.2, 0) is 10.1 Å². The van der Waals surface area contributed by atoms with Gasteiger partial charge in [0.25, 0.3) is 10.1 Å². The summed E-state index contributed by atoms with van der Waals surface area (Å²) >= 11 is 0. The summed E-state index contributed by atoms with van der Waals surface area (Å²) in [4.78, 5) is 4.18. The van der Waals surface area contributed by atoms with Crippen molar-refractivity contribution in [2.45, 2.75) is 179 Å². The Balaban J connectivity index is 0. The fourth-order valence-corrected chi connectivity index (χ4v) is 5.89. The zero-order valence-corrected chi connectivity index (χ0v) is 28.1. The molecule has 0 radical (unpaired) electrons. The Morgan fingerprint density at radius 2 is 1.05 bits per heavy atom. The Morgan fingerprint density at radius 1 is 0.658 bits per heavy atom. The minimum absolute atomic E-state index is 0. The van der Waals surface area contributed by atoms with Crippen LogP contribution >= 0.6 is 0 Å². The molecule has 6 nitrogen and oxygen atoms in total. The normalized spacial score (nSPS) is 13.8. The third-order valence-electron chi connectivity index (χ3n) is 7.34. The van der Waals surface area contributed by atoms with E-state index in [9.17, 15) is 23.2 Å². The van der Waals surface area contributed by atoms with Crippen LogP contribution in [0.25, 0.3) is 0 Å². The number of hydrogen-bond acceptors (Lipinski definition) is 5. The first-order valence-electron chi connectivity index (χ1n) is 15.7. The first-order valence-corrected chi connectivity index (χ1v) is 17.2. The summed E-state index contributed by atoms with van der Waals surface area (Å²) < 4.78 is 33.1. The van der Waals surface area contributed by atoms with E-state index < -0.39 is 21.5 Å². The molecular weight excluding hydrogens is 509 g/mol. The van der Waals surface area contributed by atoms with Gasteiger partial charge in [-0.3, -0.25) is 4.55 Å². The van der Waals surface area contributed by atoms with Crippen LogP contribution in [-0.4, -0.2) is 41.9 Å².